The first kappa shape index (κ1) is 14.9. The second kappa shape index (κ2) is 5.61. The first-order chi connectivity index (χ1) is 9.98. The van der Waals surface area contributed by atoms with E-state index in [9.17, 15) is 4.79 Å². The molecule has 4 unspecified atom stereocenters. The molecule has 2 heterocycles. The third kappa shape index (κ3) is 2.81. The van der Waals surface area contributed by atoms with E-state index < -0.39 is 0 Å². The molecule has 0 aromatic carbocycles. The van der Waals surface area contributed by atoms with E-state index in [1.54, 1.807) is 11.3 Å². The maximum absolute atomic E-state index is 12.2. The summed E-state index contributed by atoms with van der Waals surface area (Å²) in [7, 11) is 0. The van der Waals surface area contributed by atoms with Crippen LogP contribution in [-0.2, 0) is 11.2 Å². The molecular weight excluding hydrogens is 284 g/mol. The highest BCUT2D eigenvalue weighted by molar-refractivity contribution is 7.07. The number of hydrogen-bond donors (Lipinski definition) is 2. The molecule has 4 atom stereocenters. The van der Waals surface area contributed by atoms with Crippen LogP contribution in [0, 0.1) is 11.3 Å². The van der Waals surface area contributed by atoms with Gasteiger partial charge in [0.05, 0.1) is 6.10 Å². The van der Waals surface area contributed by atoms with Gasteiger partial charge in [-0.3, -0.25) is 0 Å². The van der Waals surface area contributed by atoms with Crippen molar-refractivity contribution in [2.45, 2.75) is 51.8 Å². The fraction of sp³-hybridized carbons (Fsp3) is 0.688. The lowest BCUT2D eigenvalue weighted by Crippen LogP contribution is -2.68. The molecule has 1 saturated carbocycles. The number of nitrogens with one attached hydrogen (secondary N) is 2. The fourth-order valence-corrected chi connectivity index (χ4v) is 4.52. The Morgan fingerprint density at radius 2 is 2.38 bits per heavy atom. The highest BCUT2D eigenvalue weighted by Crippen LogP contribution is 2.52. The fourth-order valence-electron chi connectivity index (χ4n) is 3.84. The minimum atomic E-state index is -0.0545. The predicted molar refractivity (Wildman–Crippen MR) is 84.6 cm³/mol. The first-order valence-corrected chi connectivity index (χ1v) is 8.62. The summed E-state index contributed by atoms with van der Waals surface area (Å²) < 4.78 is 5.76. The summed E-state index contributed by atoms with van der Waals surface area (Å²) in [6.45, 7) is 7.23. The van der Waals surface area contributed by atoms with Gasteiger partial charge >= 0.3 is 6.03 Å². The Labute approximate surface area is 130 Å². The van der Waals surface area contributed by atoms with Gasteiger partial charge in [-0.1, -0.05) is 13.8 Å². The molecule has 5 heteroatoms. The standard InChI is InChI=1S/C16H24N2O2S/c1-10(8-11-5-7-21-9-11)17-15(19)18-13-12-4-6-20-14(12)16(13,2)3/h5,7,9-10,12-14H,4,6,8H2,1-3H3,(H2,17,18,19). The summed E-state index contributed by atoms with van der Waals surface area (Å²) in [6, 6.07) is 2.41. The molecule has 1 saturated heterocycles. The number of amides is 2. The molecule has 0 radical (unpaired) electrons. The van der Waals surface area contributed by atoms with Crippen LogP contribution in [0.15, 0.2) is 16.8 Å². The van der Waals surface area contributed by atoms with Crippen LogP contribution in [0.5, 0.6) is 0 Å². The third-order valence-electron chi connectivity index (χ3n) is 4.89. The maximum Gasteiger partial charge on any atom is 0.315 e. The molecule has 2 N–H and O–H groups in total. The van der Waals surface area contributed by atoms with E-state index in [4.69, 9.17) is 4.74 Å². The molecule has 116 valence electrons. The molecule has 1 aromatic heterocycles. The highest BCUT2D eigenvalue weighted by Gasteiger charge is 2.59. The van der Waals surface area contributed by atoms with Gasteiger partial charge in [-0.15, -0.1) is 0 Å². The van der Waals surface area contributed by atoms with Crippen LogP contribution in [0.25, 0.3) is 0 Å². The summed E-state index contributed by atoms with van der Waals surface area (Å²) in [6.07, 6.45) is 2.25. The zero-order valence-electron chi connectivity index (χ0n) is 12.9. The van der Waals surface area contributed by atoms with Gasteiger partial charge in [0.1, 0.15) is 0 Å². The normalized spacial score (nSPS) is 31.1. The SMILES string of the molecule is CC(Cc1ccsc1)NC(=O)NC1C2CCOC2C1(C)C. The van der Waals surface area contributed by atoms with Crippen molar-refractivity contribution < 1.29 is 9.53 Å². The Bertz CT molecular complexity index is 500. The largest absolute Gasteiger partial charge is 0.377 e. The van der Waals surface area contributed by atoms with Crippen molar-refractivity contribution >= 4 is 17.4 Å². The van der Waals surface area contributed by atoms with Gasteiger partial charge in [0.15, 0.2) is 0 Å². The third-order valence-corrected chi connectivity index (χ3v) is 5.62. The van der Waals surface area contributed by atoms with Crippen LogP contribution in [0.2, 0.25) is 0 Å². The second-order valence-corrected chi connectivity index (χ2v) is 7.68. The van der Waals surface area contributed by atoms with Gasteiger partial charge in [0.2, 0.25) is 0 Å². The monoisotopic (exact) mass is 308 g/mol. The van der Waals surface area contributed by atoms with Gasteiger partial charge in [-0.25, -0.2) is 4.79 Å². The molecular formula is C16H24N2O2S. The molecule has 1 aliphatic heterocycles. The molecule has 1 aliphatic carbocycles. The second-order valence-electron chi connectivity index (χ2n) is 6.90. The van der Waals surface area contributed by atoms with Gasteiger partial charge in [0.25, 0.3) is 0 Å². The lowest BCUT2D eigenvalue weighted by atomic mass is 9.57. The zero-order chi connectivity index (χ0) is 15.0. The minimum Gasteiger partial charge on any atom is -0.377 e. The minimum absolute atomic E-state index is 0.0368. The van der Waals surface area contributed by atoms with Crippen molar-refractivity contribution in [2.24, 2.45) is 11.3 Å². The lowest BCUT2D eigenvalue weighted by molar-refractivity contribution is -0.108. The van der Waals surface area contributed by atoms with Crippen LogP contribution in [0.4, 0.5) is 4.79 Å². The Kier molecular flexibility index (Phi) is 3.97. The summed E-state index contributed by atoms with van der Waals surface area (Å²) >= 11 is 1.69. The molecule has 0 spiro atoms. The number of carbonyl (C=O) groups excluding carboxylic acids is 1. The van der Waals surface area contributed by atoms with Gasteiger partial charge < -0.3 is 15.4 Å². The van der Waals surface area contributed by atoms with E-state index >= 15 is 0 Å². The quantitative estimate of drug-likeness (QED) is 0.898. The van der Waals surface area contributed by atoms with E-state index in [2.05, 4.69) is 41.3 Å². The molecule has 1 aromatic rings. The average Bonchev–Trinajstić information content (AvgIpc) is 3.05. The summed E-state index contributed by atoms with van der Waals surface area (Å²) in [5, 5.41) is 10.4. The first-order valence-electron chi connectivity index (χ1n) is 7.68. The van der Waals surface area contributed by atoms with Crippen LogP contribution >= 0.6 is 11.3 Å². The Morgan fingerprint density at radius 3 is 3.10 bits per heavy atom. The Hall–Kier alpha value is -1.07. The molecule has 2 fully saturated rings. The molecule has 2 amide bonds. The topological polar surface area (TPSA) is 50.4 Å². The van der Waals surface area contributed by atoms with Gasteiger partial charge in [-0.05, 0) is 42.2 Å². The number of fused-ring (bicyclic) bond motifs is 1. The van der Waals surface area contributed by atoms with Crippen molar-refractivity contribution in [1.29, 1.82) is 0 Å². The number of hydrogen-bond acceptors (Lipinski definition) is 3. The van der Waals surface area contributed by atoms with Crippen molar-refractivity contribution in [3.8, 4) is 0 Å². The number of rotatable bonds is 4. The number of carbonyl (C=O) groups is 1. The number of urea groups is 1. The number of ether oxygens (including phenoxy) is 1. The molecule has 4 nitrogen and oxygen atoms in total. The van der Waals surface area contributed by atoms with Crippen LogP contribution in [-0.4, -0.2) is 30.8 Å². The molecule has 0 bridgehead atoms. The van der Waals surface area contributed by atoms with E-state index in [0.717, 1.165) is 19.4 Å². The van der Waals surface area contributed by atoms with Crippen molar-refractivity contribution in [1.82, 2.24) is 10.6 Å². The molecule has 21 heavy (non-hydrogen) atoms. The summed E-state index contributed by atoms with van der Waals surface area (Å²) in [4.78, 5) is 12.2. The van der Waals surface area contributed by atoms with Gasteiger partial charge in [-0.2, -0.15) is 11.3 Å². The van der Waals surface area contributed by atoms with Crippen molar-refractivity contribution in [3.63, 3.8) is 0 Å². The molecule has 2 aliphatic rings. The Morgan fingerprint density at radius 1 is 1.57 bits per heavy atom. The zero-order valence-corrected chi connectivity index (χ0v) is 13.7. The maximum atomic E-state index is 12.2. The van der Waals surface area contributed by atoms with E-state index in [0.29, 0.717) is 12.0 Å². The van der Waals surface area contributed by atoms with E-state index in [1.165, 1.54) is 5.56 Å². The van der Waals surface area contributed by atoms with Crippen LogP contribution < -0.4 is 10.6 Å². The summed E-state index contributed by atoms with van der Waals surface area (Å²) in [5.41, 5.74) is 1.32. The highest BCUT2D eigenvalue weighted by atomic mass is 32.1. The van der Waals surface area contributed by atoms with Crippen LogP contribution in [0.3, 0.4) is 0 Å². The van der Waals surface area contributed by atoms with E-state index in [1.807, 2.05) is 6.92 Å². The lowest BCUT2D eigenvalue weighted by Gasteiger charge is -2.54. The van der Waals surface area contributed by atoms with Crippen molar-refractivity contribution in [2.75, 3.05) is 6.61 Å². The Balaban J connectivity index is 1.50. The number of thiophene rings is 1. The van der Waals surface area contributed by atoms with E-state index in [-0.39, 0.29) is 23.5 Å². The summed E-state index contributed by atoms with van der Waals surface area (Å²) in [5.74, 6) is 0.484. The average molecular weight is 308 g/mol. The van der Waals surface area contributed by atoms with Crippen LogP contribution in [0.1, 0.15) is 32.8 Å². The smallest absolute Gasteiger partial charge is 0.315 e. The molecule has 3 rings (SSSR count). The van der Waals surface area contributed by atoms with Crippen molar-refractivity contribution in [3.05, 3.63) is 22.4 Å². The predicted octanol–water partition coefficient (Wildman–Crippen LogP) is 2.79. The van der Waals surface area contributed by atoms with Gasteiger partial charge in [0, 0.05) is 30.0 Å².